The summed E-state index contributed by atoms with van der Waals surface area (Å²) in [5, 5.41) is 14.4. The van der Waals surface area contributed by atoms with Crippen LogP contribution in [0.1, 0.15) is 20.3 Å². The number of hydrogen-bond acceptors (Lipinski definition) is 5. The Morgan fingerprint density at radius 1 is 1.50 bits per heavy atom. The molecular formula is C14H21N3O3. The maximum atomic E-state index is 11.0. The molecule has 1 unspecified atom stereocenters. The van der Waals surface area contributed by atoms with Gasteiger partial charge in [0.1, 0.15) is 0 Å². The molecule has 0 radical (unpaired) electrons. The first-order chi connectivity index (χ1) is 9.51. The van der Waals surface area contributed by atoms with Crippen molar-refractivity contribution in [3.63, 3.8) is 0 Å². The van der Waals surface area contributed by atoms with E-state index in [1.54, 1.807) is 6.07 Å². The highest BCUT2D eigenvalue weighted by atomic mass is 16.6. The third-order valence-electron chi connectivity index (χ3n) is 3.70. The van der Waals surface area contributed by atoms with Gasteiger partial charge in [0.25, 0.3) is 0 Å². The fraction of sp³-hybridized carbons (Fsp3) is 0.571. The van der Waals surface area contributed by atoms with Crippen molar-refractivity contribution in [3.8, 4) is 5.75 Å². The van der Waals surface area contributed by atoms with Crippen LogP contribution in [-0.2, 0) is 0 Å². The molecule has 1 aromatic carbocycles. The minimum atomic E-state index is -0.418. The molecule has 0 bridgehead atoms. The van der Waals surface area contributed by atoms with Crippen LogP contribution in [-0.4, -0.2) is 42.1 Å². The second-order valence-corrected chi connectivity index (χ2v) is 5.36. The lowest BCUT2D eigenvalue weighted by Gasteiger charge is -2.20. The molecule has 6 heteroatoms. The first-order valence-corrected chi connectivity index (χ1v) is 6.84. The van der Waals surface area contributed by atoms with Crippen molar-refractivity contribution in [2.45, 2.75) is 32.4 Å². The summed E-state index contributed by atoms with van der Waals surface area (Å²) in [5.74, 6) is 0.288. The summed E-state index contributed by atoms with van der Waals surface area (Å²) in [6.07, 6.45) is 1.05. The van der Waals surface area contributed by atoms with Gasteiger partial charge in [0.05, 0.1) is 12.0 Å². The van der Waals surface area contributed by atoms with E-state index in [2.05, 4.69) is 24.1 Å². The summed E-state index contributed by atoms with van der Waals surface area (Å²) < 4.78 is 5.00. The molecule has 1 heterocycles. The van der Waals surface area contributed by atoms with Crippen LogP contribution in [0.15, 0.2) is 18.2 Å². The Balaban J connectivity index is 2.07. The van der Waals surface area contributed by atoms with Crippen LogP contribution in [0.25, 0.3) is 0 Å². The number of nitro benzene ring substituents is 1. The quantitative estimate of drug-likeness (QED) is 0.662. The standard InChI is InChI=1S/C14H21N3O3/c1-10(2)16-7-6-12(9-16)15-11-4-5-14(20-3)13(8-11)17(18)19/h4-5,8,10,12,15H,6-7,9H2,1-3H3. The van der Waals surface area contributed by atoms with Gasteiger partial charge in [0.15, 0.2) is 5.75 Å². The van der Waals surface area contributed by atoms with Crippen LogP contribution in [0.4, 0.5) is 11.4 Å². The molecule has 0 aromatic heterocycles. The van der Waals surface area contributed by atoms with Gasteiger partial charge in [-0.1, -0.05) is 0 Å². The summed E-state index contributed by atoms with van der Waals surface area (Å²) in [6, 6.07) is 5.87. The predicted octanol–water partition coefficient (Wildman–Crippen LogP) is 2.50. The fourth-order valence-electron chi connectivity index (χ4n) is 2.53. The Labute approximate surface area is 118 Å². The molecule has 2 rings (SSSR count). The molecule has 1 fully saturated rings. The number of hydrogen-bond donors (Lipinski definition) is 1. The van der Waals surface area contributed by atoms with Gasteiger partial charge in [-0.05, 0) is 32.4 Å². The summed E-state index contributed by atoms with van der Waals surface area (Å²) >= 11 is 0. The zero-order valence-electron chi connectivity index (χ0n) is 12.1. The van der Waals surface area contributed by atoms with E-state index < -0.39 is 4.92 Å². The van der Waals surface area contributed by atoms with Gasteiger partial charge >= 0.3 is 5.69 Å². The third kappa shape index (κ3) is 3.19. The summed E-state index contributed by atoms with van der Waals surface area (Å²) in [5.41, 5.74) is 0.768. The molecular weight excluding hydrogens is 258 g/mol. The molecule has 1 aliphatic rings. The van der Waals surface area contributed by atoms with Crippen molar-refractivity contribution in [2.24, 2.45) is 0 Å². The largest absolute Gasteiger partial charge is 0.490 e. The number of nitrogens with zero attached hydrogens (tertiary/aromatic N) is 2. The van der Waals surface area contributed by atoms with E-state index >= 15 is 0 Å². The van der Waals surface area contributed by atoms with Gasteiger partial charge in [0, 0.05) is 36.9 Å². The zero-order valence-corrected chi connectivity index (χ0v) is 12.1. The average molecular weight is 279 g/mol. The molecule has 1 atom stereocenters. The predicted molar refractivity (Wildman–Crippen MR) is 78.4 cm³/mol. The van der Waals surface area contributed by atoms with E-state index in [-0.39, 0.29) is 11.4 Å². The number of likely N-dealkylation sites (tertiary alicyclic amines) is 1. The molecule has 6 nitrogen and oxygen atoms in total. The summed E-state index contributed by atoms with van der Waals surface area (Å²) in [4.78, 5) is 13.0. The van der Waals surface area contributed by atoms with Crippen LogP contribution >= 0.6 is 0 Å². The van der Waals surface area contributed by atoms with E-state index in [0.29, 0.717) is 12.1 Å². The Morgan fingerprint density at radius 3 is 2.80 bits per heavy atom. The van der Waals surface area contributed by atoms with E-state index in [1.807, 2.05) is 6.07 Å². The molecule has 0 amide bonds. The van der Waals surface area contributed by atoms with Gasteiger partial charge in [-0.15, -0.1) is 0 Å². The average Bonchev–Trinajstić information content (AvgIpc) is 2.87. The lowest BCUT2D eigenvalue weighted by Crippen LogP contribution is -2.31. The van der Waals surface area contributed by atoms with Crippen LogP contribution in [0.2, 0.25) is 0 Å². The molecule has 20 heavy (non-hydrogen) atoms. The number of anilines is 1. The minimum Gasteiger partial charge on any atom is -0.490 e. The molecule has 0 saturated carbocycles. The van der Waals surface area contributed by atoms with E-state index in [9.17, 15) is 10.1 Å². The van der Waals surface area contributed by atoms with Gasteiger partial charge in [-0.2, -0.15) is 0 Å². The van der Waals surface area contributed by atoms with Gasteiger partial charge < -0.3 is 10.1 Å². The highest BCUT2D eigenvalue weighted by molar-refractivity contribution is 5.58. The highest BCUT2D eigenvalue weighted by Crippen LogP contribution is 2.30. The van der Waals surface area contributed by atoms with Crippen molar-refractivity contribution < 1.29 is 9.66 Å². The smallest absolute Gasteiger partial charge is 0.312 e. The number of benzene rings is 1. The molecule has 0 aliphatic carbocycles. The molecule has 1 aliphatic heterocycles. The number of nitro groups is 1. The van der Waals surface area contributed by atoms with Gasteiger partial charge in [-0.25, -0.2) is 0 Å². The Morgan fingerprint density at radius 2 is 2.25 bits per heavy atom. The number of nitrogens with one attached hydrogen (secondary N) is 1. The van der Waals surface area contributed by atoms with Crippen LogP contribution in [0, 0.1) is 10.1 Å². The maximum absolute atomic E-state index is 11.0. The Bertz CT molecular complexity index is 491. The van der Waals surface area contributed by atoms with Crippen molar-refractivity contribution in [1.82, 2.24) is 4.90 Å². The number of rotatable bonds is 5. The van der Waals surface area contributed by atoms with E-state index in [0.717, 1.165) is 25.2 Å². The van der Waals surface area contributed by atoms with Crippen LogP contribution < -0.4 is 10.1 Å². The van der Waals surface area contributed by atoms with Crippen LogP contribution in [0.3, 0.4) is 0 Å². The van der Waals surface area contributed by atoms with Crippen molar-refractivity contribution >= 4 is 11.4 Å². The van der Waals surface area contributed by atoms with Crippen molar-refractivity contribution in [2.75, 3.05) is 25.5 Å². The molecule has 1 N–H and O–H groups in total. The molecule has 0 spiro atoms. The van der Waals surface area contributed by atoms with E-state index in [1.165, 1.54) is 13.2 Å². The van der Waals surface area contributed by atoms with Gasteiger partial charge in [0.2, 0.25) is 0 Å². The second-order valence-electron chi connectivity index (χ2n) is 5.36. The molecule has 110 valence electrons. The Hall–Kier alpha value is -1.82. The minimum absolute atomic E-state index is 0.00351. The summed E-state index contributed by atoms with van der Waals surface area (Å²) in [7, 11) is 1.44. The normalized spacial score (nSPS) is 19.3. The zero-order chi connectivity index (χ0) is 14.7. The fourth-order valence-corrected chi connectivity index (χ4v) is 2.53. The second kappa shape index (κ2) is 6.09. The SMILES string of the molecule is COc1ccc(NC2CCN(C(C)C)C2)cc1[N+](=O)[O-]. The van der Waals surface area contributed by atoms with Gasteiger partial charge in [-0.3, -0.25) is 15.0 Å². The van der Waals surface area contributed by atoms with Crippen molar-refractivity contribution in [1.29, 1.82) is 0 Å². The lowest BCUT2D eigenvalue weighted by atomic mass is 10.2. The monoisotopic (exact) mass is 279 g/mol. The van der Waals surface area contributed by atoms with E-state index in [4.69, 9.17) is 4.74 Å². The maximum Gasteiger partial charge on any atom is 0.312 e. The summed E-state index contributed by atoms with van der Waals surface area (Å²) in [6.45, 7) is 6.40. The third-order valence-corrected chi connectivity index (χ3v) is 3.70. The first kappa shape index (κ1) is 14.6. The number of methoxy groups -OCH3 is 1. The van der Waals surface area contributed by atoms with Crippen molar-refractivity contribution in [3.05, 3.63) is 28.3 Å². The number of ether oxygens (including phenoxy) is 1. The molecule has 1 aromatic rings. The first-order valence-electron chi connectivity index (χ1n) is 6.84. The molecule has 1 saturated heterocycles. The Kier molecular flexibility index (Phi) is 4.44. The topological polar surface area (TPSA) is 67.6 Å². The van der Waals surface area contributed by atoms with Crippen LogP contribution in [0.5, 0.6) is 5.75 Å². The lowest BCUT2D eigenvalue weighted by molar-refractivity contribution is -0.385. The highest BCUT2D eigenvalue weighted by Gasteiger charge is 2.24.